The Labute approximate surface area is 112 Å². The predicted octanol–water partition coefficient (Wildman–Crippen LogP) is 4.02. The van der Waals surface area contributed by atoms with Gasteiger partial charge in [0, 0.05) is 11.1 Å². The number of hydrogen-bond donors (Lipinski definition) is 1. The number of hydrogen-bond acceptors (Lipinski definition) is 4. The molecule has 0 aliphatic rings. The van der Waals surface area contributed by atoms with E-state index in [4.69, 9.17) is 4.42 Å². The Kier molecular flexibility index (Phi) is 4.19. The van der Waals surface area contributed by atoms with Crippen molar-refractivity contribution in [1.82, 2.24) is 10.3 Å². The summed E-state index contributed by atoms with van der Waals surface area (Å²) in [5, 5.41) is 4.66. The first-order valence-corrected chi connectivity index (χ1v) is 7.18. The highest BCUT2D eigenvalue weighted by Crippen LogP contribution is 2.24. The van der Waals surface area contributed by atoms with Crippen molar-refractivity contribution in [1.29, 1.82) is 0 Å². The zero-order valence-electron chi connectivity index (χ0n) is 11.4. The van der Waals surface area contributed by atoms with Crippen molar-refractivity contribution in [3.05, 3.63) is 39.7 Å². The highest BCUT2D eigenvalue weighted by Gasteiger charge is 2.16. The molecule has 4 heteroatoms. The molecule has 0 aromatic carbocycles. The fraction of sp³-hybridized carbons (Fsp3) is 0.500. The summed E-state index contributed by atoms with van der Waals surface area (Å²) in [5.74, 6) is 1.93. The van der Waals surface area contributed by atoms with Crippen molar-refractivity contribution in [2.24, 2.45) is 0 Å². The number of aromatic nitrogens is 1. The molecule has 0 bridgehead atoms. The van der Waals surface area contributed by atoms with Crippen molar-refractivity contribution in [2.75, 3.05) is 0 Å². The van der Waals surface area contributed by atoms with E-state index < -0.39 is 0 Å². The van der Waals surface area contributed by atoms with Gasteiger partial charge in [0.15, 0.2) is 0 Å². The van der Waals surface area contributed by atoms with E-state index in [1.54, 1.807) is 11.3 Å². The lowest BCUT2D eigenvalue weighted by molar-refractivity contribution is 0.392. The van der Waals surface area contributed by atoms with Gasteiger partial charge in [-0.25, -0.2) is 4.98 Å². The van der Waals surface area contributed by atoms with Crippen molar-refractivity contribution >= 4 is 11.3 Å². The van der Waals surface area contributed by atoms with Crippen LogP contribution in [0.25, 0.3) is 0 Å². The van der Waals surface area contributed by atoms with Crippen LogP contribution in [0, 0.1) is 6.92 Å². The van der Waals surface area contributed by atoms with E-state index in [9.17, 15) is 0 Å². The topological polar surface area (TPSA) is 38.1 Å². The first-order valence-electron chi connectivity index (χ1n) is 6.37. The van der Waals surface area contributed by atoms with Crippen molar-refractivity contribution in [3.63, 3.8) is 0 Å². The zero-order valence-corrected chi connectivity index (χ0v) is 12.2. The molecule has 2 aromatic heterocycles. The van der Waals surface area contributed by atoms with E-state index >= 15 is 0 Å². The van der Waals surface area contributed by atoms with Crippen LogP contribution in [0.4, 0.5) is 0 Å². The van der Waals surface area contributed by atoms with Gasteiger partial charge in [-0.05, 0) is 39.3 Å². The van der Waals surface area contributed by atoms with Gasteiger partial charge < -0.3 is 4.42 Å². The second kappa shape index (κ2) is 5.67. The second-order valence-corrected chi connectivity index (χ2v) is 5.72. The standard InChI is InChI=1S/C14H20N2OS/c1-5-12-8-15-14(18-12)11(4)16-10(3)13-7-6-9(2)17-13/h6-8,10-11,16H,5H2,1-4H3/t10-,11-/m1/s1. The SMILES string of the molecule is CCc1cnc([C@@H](C)N[C@H](C)c2ccc(C)o2)s1. The third kappa shape index (κ3) is 3.00. The van der Waals surface area contributed by atoms with Gasteiger partial charge in [0.25, 0.3) is 0 Å². The highest BCUT2D eigenvalue weighted by atomic mass is 32.1. The molecule has 0 unspecified atom stereocenters. The average molecular weight is 264 g/mol. The van der Waals surface area contributed by atoms with Crippen molar-refractivity contribution in [2.45, 2.75) is 46.2 Å². The maximum atomic E-state index is 5.63. The Hall–Kier alpha value is -1.13. The molecule has 3 nitrogen and oxygen atoms in total. The Balaban J connectivity index is 2.00. The van der Waals surface area contributed by atoms with E-state index in [2.05, 4.69) is 31.1 Å². The molecule has 0 aliphatic carbocycles. The van der Waals surface area contributed by atoms with Gasteiger partial charge in [0.1, 0.15) is 16.5 Å². The van der Waals surface area contributed by atoms with Gasteiger partial charge in [-0.15, -0.1) is 11.3 Å². The Morgan fingerprint density at radius 1 is 1.33 bits per heavy atom. The molecule has 0 spiro atoms. The molecule has 0 fully saturated rings. The second-order valence-electron chi connectivity index (χ2n) is 4.58. The third-order valence-corrected chi connectivity index (χ3v) is 4.30. The molecular weight excluding hydrogens is 244 g/mol. The number of nitrogens with one attached hydrogen (secondary N) is 1. The van der Waals surface area contributed by atoms with Gasteiger partial charge in [-0.1, -0.05) is 6.92 Å². The Morgan fingerprint density at radius 2 is 2.11 bits per heavy atom. The molecule has 0 radical (unpaired) electrons. The van der Waals surface area contributed by atoms with Crippen LogP contribution in [0.15, 0.2) is 22.7 Å². The minimum atomic E-state index is 0.197. The molecule has 2 rings (SSSR count). The van der Waals surface area contributed by atoms with Crippen LogP contribution in [-0.4, -0.2) is 4.98 Å². The maximum Gasteiger partial charge on any atom is 0.120 e. The fourth-order valence-electron chi connectivity index (χ4n) is 1.90. The van der Waals surface area contributed by atoms with Crippen LogP contribution in [0.2, 0.25) is 0 Å². The van der Waals surface area contributed by atoms with Gasteiger partial charge in [-0.3, -0.25) is 5.32 Å². The maximum absolute atomic E-state index is 5.63. The predicted molar refractivity (Wildman–Crippen MR) is 74.9 cm³/mol. The summed E-state index contributed by atoms with van der Waals surface area (Å²) in [6.07, 6.45) is 3.03. The molecule has 0 amide bonds. The number of furan rings is 1. The smallest absolute Gasteiger partial charge is 0.120 e. The number of nitrogens with zero attached hydrogens (tertiary/aromatic N) is 1. The normalized spacial score (nSPS) is 14.7. The van der Waals surface area contributed by atoms with Crippen LogP contribution >= 0.6 is 11.3 Å². The van der Waals surface area contributed by atoms with Crippen LogP contribution in [0.3, 0.4) is 0 Å². The van der Waals surface area contributed by atoms with E-state index in [-0.39, 0.29) is 12.1 Å². The molecule has 18 heavy (non-hydrogen) atoms. The molecule has 0 aliphatic heterocycles. The van der Waals surface area contributed by atoms with E-state index in [1.165, 1.54) is 4.88 Å². The van der Waals surface area contributed by atoms with Crippen LogP contribution in [0.5, 0.6) is 0 Å². The summed E-state index contributed by atoms with van der Waals surface area (Å²) in [6.45, 7) is 8.38. The average Bonchev–Trinajstić information content (AvgIpc) is 2.97. The quantitative estimate of drug-likeness (QED) is 0.886. The summed E-state index contributed by atoms with van der Waals surface area (Å²) in [4.78, 5) is 5.80. The van der Waals surface area contributed by atoms with Gasteiger partial charge >= 0.3 is 0 Å². The lowest BCUT2D eigenvalue weighted by Gasteiger charge is -2.16. The molecular formula is C14H20N2OS. The first-order chi connectivity index (χ1) is 8.60. The number of aryl methyl sites for hydroxylation is 2. The van der Waals surface area contributed by atoms with Gasteiger partial charge in [-0.2, -0.15) is 0 Å². The zero-order chi connectivity index (χ0) is 13.1. The van der Waals surface area contributed by atoms with Crippen molar-refractivity contribution in [3.8, 4) is 0 Å². The minimum Gasteiger partial charge on any atom is -0.465 e. The molecule has 0 saturated carbocycles. The van der Waals surface area contributed by atoms with Crippen molar-refractivity contribution < 1.29 is 4.42 Å². The Morgan fingerprint density at radius 3 is 2.67 bits per heavy atom. The van der Waals surface area contributed by atoms with Crippen LogP contribution in [-0.2, 0) is 6.42 Å². The van der Waals surface area contributed by atoms with E-state index in [1.807, 2.05) is 25.3 Å². The molecule has 2 atom stereocenters. The van der Waals surface area contributed by atoms with Crippen LogP contribution in [0.1, 0.15) is 54.3 Å². The number of thiazole rings is 1. The molecule has 98 valence electrons. The van der Waals surface area contributed by atoms with Gasteiger partial charge in [0.2, 0.25) is 0 Å². The summed E-state index contributed by atoms with van der Waals surface area (Å²) >= 11 is 1.78. The number of rotatable bonds is 5. The summed E-state index contributed by atoms with van der Waals surface area (Å²) < 4.78 is 5.63. The molecule has 2 aromatic rings. The van der Waals surface area contributed by atoms with E-state index in [0.717, 1.165) is 22.9 Å². The highest BCUT2D eigenvalue weighted by molar-refractivity contribution is 7.11. The molecule has 1 N–H and O–H groups in total. The monoisotopic (exact) mass is 264 g/mol. The first kappa shape index (κ1) is 13.3. The van der Waals surface area contributed by atoms with E-state index in [0.29, 0.717) is 0 Å². The molecule has 0 saturated heterocycles. The minimum absolute atomic E-state index is 0.197. The summed E-state index contributed by atoms with van der Waals surface area (Å²) in [6, 6.07) is 4.47. The van der Waals surface area contributed by atoms with Gasteiger partial charge in [0.05, 0.1) is 12.1 Å². The lowest BCUT2D eigenvalue weighted by atomic mass is 10.2. The van der Waals surface area contributed by atoms with Crippen LogP contribution < -0.4 is 5.32 Å². The summed E-state index contributed by atoms with van der Waals surface area (Å²) in [7, 11) is 0. The largest absolute Gasteiger partial charge is 0.465 e. The molecule has 2 heterocycles. The fourth-order valence-corrected chi connectivity index (χ4v) is 2.77. The third-order valence-electron chi connectivity index (χ3n) is 2.98. The Bertz CT molecular complexity index is 503. The summed E-state index contributed by atoms with van der Waals surface area (Å²) in [5.41, 5.74) is 0. The lowest BCUT2D eigenvalue weighted by Crippen LogP contribution is -2.21.